The first-order valence-corrected chi connectivity index (χ1v) is 8.41. The van der Waals surface area contributed by atoms with E-state index in [9.17, 15) is 13.2 Å². The first kappa shape index (κ1) is 14.8. The van der Waals surface area contributed by atoms with Crippen molar-refractivity contribution in [2.75, 3.05) is 16.8 Å². The Morgan fingerprint density at radius 3 is 2.75 bits per heavy atom. The van der Waals surface area contributed by atoms with E-state index in [1.165, 1.54) is 6.20 Å². The number of rotatable bonds is 4. The van der Waals surface area contributed by atoms with E-state index in [1.54, 1.807) is 12.3 Å². The number of aromatic nitrogens is 1. The molecule has 1 amide bonds. The molecule has 1 aliphatic rings. The second-order valence-electron chi connectivity index (χ2n) is 5.33. The van der Waals surface area contributed by atoms with Crippen LogP contribution >= 0.6 is 0 Å². The summed E-state index contributed by atoms with van der Waals surface area (Å²) >= 11 is 0. The van der Waals surface area contributed by atoms with Gasteiger partial charge in [-0.1, -0.05) is 0 Å². The van der Waals surface area contributed by atoms with E-state index in [1.807, 2.05) is 13.8 Å². The lowest BCUT2D eigenvalue weighted by Gasteiger charge is -2.13. The van der Waals surface area contributed by atoms with Gasteiger partial charge in [-0.05, 0) is 26.3 Å². The lowest BCUT2D eigenvalue weighted by atomic mass is 10.2. The van der Waals surface area contributed by atoms with Crippen molar-refractivity contribution in [2.45, 2.75) is 32.4 Å². The zero-order valence-electron chi connectivity index (χ0n) is 11.6. The molecule has 2 rings (SSSR count). The Bertz CT molecular complexity index is 599. The first-order chi connectivity index (χ1) is 9.35. The number of hydrogen-bond donors (Lipinski definition) is 2. The molecule has 20 heavy (non-hydrogen) atoms. The average molecular weight is 297 g/mol. The van der Waals surface area contributed by atoms with E-state index in [2.05, 4.69) is 15.6 Å². The zero-order chi connectivity index (χ0) is 14.8. The summed E-state index contributed by atoms with van der Waals surface area (Å²) in [5.41, 5.74) is 1.20. The highest BCUT2D eigenvalue weighted by atomic mass is 32.2. The molecule has 2 heterocycles. The van der Waals surface area contributed by atoms with Gasteiger partial charge >= 0.3 is 0 Å². The van der Waals surface area contributed by atoms with Crippen LogP contribution in [0.2, 0.25) is 0 Å². The highest BCUT2D eigenvalue weighted by Gasteiger charge is 2.29. The largest absolute Gasteiger partial charge is 0.382 e. The van der Waals surface area contributed by atoms with Gasteiger partial charge in [0.2, 0.25) is 0 Å². The van der Waals surface area contributed by atoms with Crippen molar-refractivity contribution >= 4 is 21.4 Å². The molecule has 1 atom stereocenters. The van der Waals surface area contributed by atoms with Crippen molar-refractivity contribution in [3.8, 4) is 0 Å². The summed E-state index contributed by atoms with van der Waals surface area (Å²) in [5.74, 6) is -0.117. The van der Waals surface area contributed by atoms with Crippen LogP contribution in [0.1, 0.15) is 30.6 Å². The minimum absolute atomic E-state index is 0.0239. The summed E-state index contributed by atoms with van der Waals surface area (Å²) in [5, 5.41) is 5.91. The van der Waals surface area contributed by atoms with Crippen molar-refractivity contribution in [1.82, 2.24) is 10.3 Å². The second-order valence-corrected chi connectivity index (χ2v) is 7.56. The third kappa shape index (κ3) is 3.93. The number of carbonyl (C=O) groups is 1. The van der Waals surface area contributed by atoms with E-state index in [4.69, 9.17) is 0 Å². The fraction of sp³-hybridized carbons (Fsp3) is 0.538. The minimum Gasteiger partial charge on any atom is -0.382 e. The molecule has 0 radical (unpaired) electrons. The summed E-state index contributed by atoms with van der Waals surface area (Å²) in [4.78, 5) is 16.1. The number of pyridine rings is 1. The smallest absolute Gasteiger partial charge is 0.253 e. The molecule has 1 saturated heterocycles. The Balaban J connectivity index is 2.02. The van der Waals surface area contributed by atoms with Crippen LogP contribution < -0.4 is 10.6 Å². The molecule has 6 nitrogen and oxygen atoms in total. The molecule has 0 bridgehead atoms. The van der Waals surface area contributed by atoms with E-state index in [0.717, 1.165) is 5.69 Å². The molecule has 1 aliphatic heterocycles. The summed E-state index contributed by atoms with van der Waals surface area (Å²) in [6, 6.07) is 1.66. The van der Waals surface area contributed by atoms with Gasteiger partial charge in [-0.15, -0.1) is 0 Å². The third-order valence-electron chi connectivity index (χ3n) is 3.02. The van der Waals surface area contributed by atoms with Gasteiger partial charge in [-0.3, -0.25) is 9.78 Å². The molecule has 0 aliphatic carbocycles. The van der Waals surface area contributed by atoms with Gasteiger partial charge in [0.05, 0.1) is 22.8 Å². The van der Waals surface area contributed by atoms with Crippen LogP contribution in [-0.2, 0) is 9.84 Å². The normalized spacial score (nSPS) is 20.9. The monoisotopic (exact) mass is 297 g/mol. The van der Waals surface area contributed by atoms with Gasteiger partial charge in [0, 0.05) is 24.5 Å². The lowest BCUT2D eigenvalue weighted by molar-refractivity contribution is 0.0941. The molecule has 7 heteroatoms. The number of carbonyl (C=O) groups excluding carboxylic acids is 1. The maximum absolute atomic E-state index is 12.1. The highest BCUT2D eigenvalue weighted by molar-refractivity contribution is 7.91. The van der Waals surface area contributed by atoms with Gasteiger partial charge in [-0.25, -0.2) is 8.42 Å². The number of anilines is 1. The predicted molar refractivity (Wildman–Crippen MR) is 77.5 cm³/mol. The van der Waals surface area contributed by atoms with Crippen LogP contribution in [0.4, 0.5) is 5.69 Å². The predicted octanol–water partition coefficient (Wildman–Crippen LogP) is 0.819. The van der Waals surface area contributed by atoms with E-state index in [0.29, 0.717) is 12.0 Å². The topological polar surface area (TPSA) is 88.2 Å². The van der Waals surface area contributed by atoms with E-state index >= 15 is 0 Å². The third-order valence-corrected chi connectivity index (χ3v) is 4.79. The van der Waals surface area contributed by atoms with Gasteiger partial charge in [0.25, 0.3) is 5.91 Å². The Morgan fingerprint density at radius 2 is 2.15 bits per heavy atom. The van der Waals surface area contributed by atoms with Crippen molar-refractivity contribution < 1.29 is 13.2 Å². The Morgan fingerprint density at radius 1 is 1.40 bits per heavy atom. The zero-order valence-corrected chi connectivity index (χ0v) is 12.4. The number of sulfone groups is 1. The molecule has 1 aromatic heterocycles. The Labute approximate surface area is 118 Å². The molecule has 2 N–H and O–H groups in total. The molecule has 1 aromatic rings. The van der Waals surface area contributed by atoms with E-state index < -0.39 is 9.84 Å². The van der Waals surface area contributed by atoms with Crippen molar-refractivity contribution in [3.05, 3.63) is 24.0 Å². The number of nitrogens with zero attached hydrogens (tertiary/aromatic N) is 1. The quantitative estimate of drug-likeness (QED) is 0.859. The standard InChI is InChI=1S/C13H19N3O3S/c1-9(2)15-12-5-10(6-14-7-12)13(17)16-11-3-4-20(18,19)8-11/h5-7,9,11,15H,3-4,8H2,1-2H3,(H,16,17). The SMILES string of the molecule is CC(C)Nc1cncc(C(=O)NC2CCS(=O)(=O)C2)c1. The molecule has 110 valence electrons. The minimum atomic E-state index is -2.99. The van der Waals surface area contributed by atoms with Crippen LogP contribution in [0.15, 0.2) is 18.5 Å². The average Bonchev–Trinajstić information content (AvgIpc) is 2.68. The molecule has 1 unspecified atom stereocenters. The van der Waals surface area contributed by atoms with Crippen LogP contribution in [0, 0.1) is 0 Å². The van der Waals surface area contributed by atoms with Gasteiger partial charge in [0.15, 0.2) is 9.84 Å². The summed E-state index contributed by atoms with van der Waals surface area (Å²) in [6.45, 7) is 3.99. The maximum Gasteiger partial charge on any atom is 0.253 e. The molecular weight excluding hydrogens is 278 g/mol. The van der Waals surface area contributed by atoms with Gasteiger partial charge in [-0.2, -0.15) is 0 Å². The molecule has 0 saturated carbocycles. The Hall–Kier alpha value is -1.63. The second kappa shape index (κ2) is 5.78. The lowest BCUT2D eigenvalue weighted by Crippen LogP contribution is -2.35. The van der Waals surface area contributed by atoms with Gasteiger partial charge < -0.3 is 10.6 Å². The van der Waals surface area contributed by atoms with E-state index in [-0.39, 0.29) is 29.5 Å². The molecule has 0 aromatic carbocycles. The fourth-order valence-corrected chi connectivity index (χ4v) is 3.83. The van der Waals surface area contributed by atoms with Crippen LogP contribution in [0.25, 0.3) is 0 Å². The summed E-state index contributed by atoms with van der Waals surface area (Å²) < 4.78 is 22.7. The molecule has 0 spiro atoms. The number of amides is 1. The van der Waals surface area contributed by atoms with Crippen molar-refractivity contribution in [3.63, 3.8) is 0 Å². The van der Waals surface area contributed by atoms with Crippen LogP contribution in [0.3, 0.4) is 0 Å². The van der Waals surface area contributed by atoms with Gasteiger partial charge in [0.1, 0.15) is 0 Å². The first-order valence-electron chi connectivity index (χ1n) is 6.58. The number of hydrogen-bond acceptors (Lipinski definition) is 5. The molecule has 1 fully saturated rings. The maximum atomic E-state index is 12.1. The summed E-state index contributed by atoms with van der Waals surface area (Å²) in [6.07, 6.45) is 3.60. The fourth-order valence-electron chi connectivity index (χ4n) is 2.15. The van der Waals surface area contributed by atoms with Crippen LogP contribution in [0.5, 0.6) is 0 Å². The molecular formula is C13H19N3O3S. The van der Waals surface area contributed by atoms with Crippen LogP contribution in [-0.4, -0.2) is 42.9 Å². The van der Waals surface area contributed by atoms with Crippen molar-refractivity contribution in [2.24, 2.45) is 0 Å². The summed E-state index contributed by atoms with van der Waals surface area (Å²) in [7, 11) is -2.99. The highest BCUT2D eigenvalue weighted by Crippen LogP contribution is 2.13. The Kier molecular flexibility index (Phi) is 4.27. The van der Waals surface area contributed by atoms with Crippen molar-refractivity contribution in [1.29, 1.82) is 0 Å². The number of nitrogens with one attached hydrogen (secondary N) is 2.